The Balaban J connectivity index is 1.33. The molecule has 3 heterocycles. The van der Waals surface area contributed by atoms with Gasteiger partial charge in [0.1, 0.15) is 6.61 Å². The van der Waals surface area contributed by atoms with Crippen molar-refractivity contribution in [1.82, 2.24) is 14.8 Å². The average Bonchev–Trinajstić information content (AvgIpc) is 3.22. The topological polar surface area (TPSA) is 62.7 Å². The number of rotatable bonds is 8. The zero-order chi connectivity index (χ0) is 23.2. The lowest BCUT2D eigenvalue weighted by Gasteiger charge is -2.33. The first-order valence-electron chi connectivity index (χ1n) is 12.1. The van der Waals surface area contributed by atoms with Gasteiger partial charge in [0.2, 0.25) is 11.8 Å². The summed E-state index contributed by atoms with van der Waals surface area (Å²) < 4.78 is 5.61. The minimum atomic E-state index is 0.0280. The predicted octanol–water partition coefficient (Wildman–Crippen LogP) is 3.63. The van der Waals surface area contributed by atoms with Gasteiger partial charge in [-0.1, -0.05) is 24.3 Å². The lowest BCUT2D eigenvalue weighted by Crippen LogP contribution is -2.41. The number of pyridine rings is 1. The maximum atomic E-state index is 12.7. The van der Waals surface area contributed by atoms with Crippen LogP contribution in [0.3, 0.4) is 0 Å². The molecule has 2 aromatic rings. The van der Waals surface area contributed by atoms with Crippen LogP contribution in [0.25, 0.3) is 0 Å². The fourth-order valence-corrected chi connectivity index (χ4v) is 4.92. The van der Waals surface area contributed by atoms with Crippen LogP contribution in [0.1, 0.15) is 59.7 Å². The molecule has 176 valence electrons. The Kier molecular flexibility index (Phi) is 7.76. The van der Waals surface area contributed by atoms with Gasteiger partial charge in [-0.3, -0.25) is 14.6 Å². The third-order valence-electron chi connectivity index (χ3n) is 6.78. The van der Waals surface area contributed by atoms with E-state index in [0.717, 1.165) is 50.2 Å². The van der Waals surface area contributed by atoms with Gasteiger partial charge in [-0.25, -0.2) is 0 Å². The van der Waals surface area contributed by atoms with Gasteiger partial charge in [-0.15, -0.1) is 0 Å². The number of benzene rings is 1. The molecule has 0 spiro atoms. The van der Waals surface area contributed by atoms with Crippen molar-refractivity contribution in [1.29, 1.82) is 0 Å². The van der Waals surface area contributed by atoms with Crippen LogP contribution in [0.15, 0.2) is 36.4 Å². The van der Waals surface area contributed by atoms with Gasteiger partial charge in [0.05, 0.1) is 6.61 Å². The van der Waals surface area contributed by atoms with Crippen molar-refractivity contribution in [3.8, 4) is 0 Å². The fraction of sp³-hybridized carbons (Fsp3) is 0.519. The normalized spacial score (nSPS) is 18.7. The van der Waals surface area contributed by atoms with E-state index in [1.54, 1.807) is 0 Å². The number of likely N-dealkylation sites (tertiary alicyclic amines) is 2. The highest BCUT2D eigenvalue weighted by molar-refractivity contribution is 5.78. The number of aryl methyl sites for hydroxylation is 2. The molecule has 0 bridgehead atoms. The molecule has 33 heavy (non-hydrogen) atoms. The molecule has 2 amide bonds. The molecule has 0 saturated carbocycles. The summed E-state index contributed by atoms with van der Waals surface area (Å²) in [5.41, 5.74) is 6.03. The van der Waals surface area contributed by atoms with Crippen molar-refractivity contribution in [2.45, 2.75) is 51.9 Å². The minimum Gasteiger partial charge on any atom is -0.370 e. The van der Waals surface area contributed by atoms with Crippen molar-refractivity contribution in [3.05, 3.63) is 64.5 Å². The zero-order valence-electron chi connectivity index (χ0n) is 19.9. The highest BCUT2D eigenvalue weighted by Crippen LogP contribution is 2.27. The molecule has 0 N–H and O–H groups in total. The second-order valence-electron chi connectivity index (χ2n) is 9.36. The van der Waals surface area contributed by atoms with Crippen LogP contribution in [0.5, 0.6) is 0 Å². The van der Waals surface area contributed by atoms with E-state index in [4.69, 9.17) is 9.72 Å². The Morgan fingerprint density at radius 1 is 1.15 bits per heavy atom. The summed E-state index contributed by atoms with van der Waals surface area (Å²) in [4.78, 5) is 33.0. The molecule has 1 unspecified atom stereocenters. The van der Waals surface area contributed by atoms with Crippen molar-refractivity contribution < 1.29 is 14.3 Å². The average molecular weight is 450 g/mol. The quantitative estimate of drug-likeness (QED) is 0.578. The third-order valence-corrected chi connectivity index (χ3v) is 6.78. The summed E-state index contributed by atoms with van der Waals surface area (Å²) >= 11 is 0. The standard InChI is InChI=1S/C27H35N3O3/c1-20-7-3-4-8-23(20)16-22-15-21(2)28-25(17-22)24-9-5-12-30(18-24)27(32)19-33-14-13-29-11-6-10-26(29)31/h3-4,7-8,15,17,24H,5-6,9-14,16,18-19H2,1-2H3. The Morgan fingerprint density at radius 3 is 2.79 bits per heavy atom. The second kappa shape index (κ2) is 10.9. The highest BCUT2D eigenvalue weighted by atomic mass is 16.5. The van der Waals surface area contributed by atoms with Crippen molar-refractivity contribution in [2.75, 3.05) is 39.4 Å². The van der Waals surface area contributed by atoms with E-state index in [0.29, 0.717) is 26.1 Å². The van der Waals surface area contributed by atoms with E-state index >= 15 is 0 Å². The maximum Gasteiger partial charge on any atom is 0.248 e. The van der Waals surface area contributed by atoms with Gasteiger partial charge in [0, 0.05) is 49.9 Å². The Bertz CT molecular complexity index is 990. The molecule has 1 aromatic carbocycles. The zero-order valence-corrected chi connectivity index (χ0v) is 19.9. The Hall–Kier alpha value is -2.73. The largest absolute Gasteiger partial charge is 0.370 e. The van der Waals surface area contributed by atoms with E-state index in [-0.39, 0.29) is 24.3 Å². The van der Waals surface area contributed by atoms with E-state index in [1.807, 2.05) is 9.80 Å². The monoisotopic (exact) mass is 449 g/mol. The van der Waals surface area contributed by atoms with Gasteiger partial charge < -0.3 is 14.5 Å². The van der Waals surface area contributed by atoms with Gasteiger partial charge in [-0.2, -0.15) is 0 Å². The molecule has 1 atom stereocenters. The first kappa shape index (κ1) is 23.4. The number of aromatic nitrogens is 1. The van der Waals surface area contributed by atoms with E-state index in [1.165, 1.54) is 16.7 Å². The Labute approximate surface area is 196 Å². The first-order chi connectivity index (χ1) is 16.0. The molecule has 2 fully saturated rings. The molecule has 0 aliphatic carbocycles. The summed E-state index contributed by atoms with van der Waals surface area (Å²) in [6.45, 7) is 7.53. The number of hydrogen-bond donors (Lipinski definition) is 0. The SMILES string of the molecule is Cc1cc(Cc2ccccc2C)cc(C2CCCN(C(=O)COCCN3CCCC3=O)C2)n1. The molecule has 6 nitrogen and oxygen atoms in total. The van der Waals surface area contributed by atoms with E-state index < -0.39 is 0 Å². The number of hydrogen-bond acceptors (Lipinski definition) is 4. The molecule has 6 heteroatoms. The minimum absolute atomic E-state index is 0.0280. The van der Waals surface area contributed by atoms with Crippen LogP contribution in [0.4, 0.5) is 0 Å². The summed E-state index contributed by atoms with van der Waals surface area (Å²) in [6, 6.07) is 12.9. The number of carbonyl (C=O) groups excluding carboxylic acids is 2. The van der Waals surface area contributed by atoms with Crippen molar-refractivity contribution in [3.63, 3.8) is 0 Å². The molecule has 1 aromatic heterocycles. The Morgan fingerprint density at radius 2 is 2.00 bits per heavy atom. The lowest BCUT2D eigenvalue weighted by atomic mass is 9.92. The summed E-state index contributed by atoms with van der Waals surface area (Å²) in [7, 11) is 0. The molecular weight excluding hydrogens is 414 g/mol. The van der Waals surface area contributed by atoms with Crippen molar-refractivity contribution in [2.24, 2.45) is 0 Å². The number of ether oxygens (including phenoxy) is 1. The summed E-state index contributed by atoms with van der Waals surface area (Å²) in [6.07, 6.45) is 4.47. The van der Waals surface area contributed by atoms with Crippen LogP contribution in [0.2, 0.25) is 0 Å². The molecule has 0 radical (unpaired) electrons. The van der Waals surface area contributed by atoms with Crippen molar-refractivity contribution >= 4 is 11.8 Å². The van der Waals surface area contributed by atoms with Gasteiger partial charge in [0.25, 0.3) is 0 Å². The van der Waals surface area contributed by atoms with Gasteiger partial charge >= 0.3 is 0 Å². The summed E-state index contributed by atoms with van der Waals surface area (Å²) in [5.74, 6) is 0.469. The molecule has 2 aliphatic heterocycles. The lowest BCUT2D eigenvalue weighted by molar-refractivity contribution is -0.137. The van der Waals surface area contributed by atoms with Crippen LogP contribution in [0, 0.1) is 13.8 Å². The van der Waals surface area contributed by atoms with Crippen LogP contribution >= 0.6 is 0 Å². The number of nitrogens with zero attached hydrogens (tertiary/aromatic N) is 3. The fourth-order valence-electron chi connectivity index (χ4n) is 4.92. The highest BCUT2D eigenvalue weighted by Gasteiger charge is 2.26. The molecule has 2 aliphatic rings. The molecular formula is C27H35N3O3. The summed E-state index contributed by atoms with van der Waals surface area (Å²) in [5, 5.41) is 0. The second-order valence-corrected chi connectivity index (χ2v) is 9.36. The maximum absolute atomic E-state index is 12.7. The van der Waals surface area contributed by atoms with Gasteiger partial charge in [-0.05, 0) is 68.4 Å². The number of piperidine rings is 1. The van der Waals surface area contributed by atoms with Crippen LogP contribution < -0.4 is 0 Å². The van der Waals surface area contributed by atoms with Crippen LogP contribution in [-0.4, -0.2) is 66.0 Å². The van der Waals surface area contributed by atoms with E-state index in [2.05, 4.69) is 50.2 Å². The smallest absolute Gasteiger partial charge is 0.248 e. The first-order valence-corrected chi connectivity index (χ1v) is 12.1. The third kappa shape index (κ3) is 6.20. The number of carbonyl (C=O) groups is 2. The van der Waals surface area contributed by atoms with Crippen LogP contribution in [-0.2, 0) is 20.7 Å². The number of amides is 2. The van der Waals surface area contributed by atoms with E-state index in [9.17, 15) is 9.59 Å². The molecule has 4 rings (SSSR count). The molecule has 2 saturated heterocycles. The predicted molar refractivity (Wildman–Crippen MR) is 128 cm³/mol. The van der Waals surface area contributed by atoms with Gasteiger partial charge in [0.15, 0.2) is 0 Å².